The zero-order valence-corrected chi connectivity index (χ0v) is 14.5. The molecule has 0 fully saturated rings. The molecule has 126 valence electrons. The zero-order chi connectivity index (χ0) is 17.4. The molecular weight excluding hydrogens is 292 g/mol. The number of carbonyl (C=O) groups is 2. The number of rotatable bonds is 8. The number of aryl methyl sites for hydroxylation is 3. The Morgan fingerprint density at radius 2 is 1.83 bits per heavy atom. The maximum Gasteiger partial charge on any atom is 0.330 e. The first-order chi connectivity index (χ1) is 10.9. The fourth-order valence-electron chi connectivity index (χ4n) is 2.81. The molecule has 1 rings (SSSR count). The molecule has 4 nitrogen and oxygen atoms in total. The second-order valence-corrected chi connectivity index (χ2v) is 5.82. The second-order valence-electron chi connectivity index (χ2n) is 5.82. The first kappa shape index (κ1) is 18.9. The maximum atomic E-state index is 12.0. The van der Waals surface area contributed by atoms with Crippen molar-refractivity contribution >= 4 is 11.9 Å². The van der Waals surface area contributed by atoms with Crippen LogP contribution in [0.1, 0.15) is 35.1 Å². The van der Waals surface area contributed by atoms with Gasteiger partial charge < -0.3 is 9.47 Å². The van der Waals surface area contributed by atoms with Crippen LogP contribution in [0.3, 0.4) is 0 Å². The molecule has 0 saturated carbocycles. The average Bonchev–Trinajstić information content (AvgIpc) is 2.51. The van der Waals surface area contributed by atoms with Gasteiger partial charge in [0.2, 0.25) is 0 Å². The summed E-state index contributed by atoms with van der Waals surface area (Å²) in [6, 6.07) is 4.26. The van der Waals surface area contributed by atoms with Crippen molar-refractivity contribution in [3.05, 3.63) is 47.0 Å². The Bertz CT molecular complexity index is 552. The summed E-state index contributed by atoms with van der Waals surface area (Å²) in [5, 5.41) is 0. The molecule has 0 bridgehead atoms. The van der Waals surface area contributed by atoms with E-state index in [9.17, 15) is 9.59 Å². The van der Waals surface area contributed by atoms with E-state index in [-0.39, 0.29) is 18.5 Å². The van der Waals surface area contributed by atoms with Crippen molar-refractivity contribution in [2.24, 2.45) is 5.92 Å². The highest BCUT2D eigenvalue weighted by Crippen LogP contribution is 2.23. The van der Waals surface area contributed by atoms with Gasteiger partial charge in [-0.3, -0.25) is 4.79 Å². The summed E-state index contributed by atoms with van der Waals surface area (Å²) in [6.07, 6.45) is 3.00. The van der Waals surface area contributed by atoms with E-state index in [0.29, 0.717) is 19.3 Å². The van der Waals surface area contributed by atoms with Gasteiger partial charge in [-0.1, -0.05) is 24.3 Å². The Labute approximate surface area is 138 Å². The van der Waals surface area contributed by atoms with Crippen molar-refractivity contribution in [1.29, 1.82) is 0 Å². The van der Waals surface area contributed by atoms with Crippen LogP contribution < -0.4 is 0 Å². The quantitative estimate of drug-likeness (QED) is 0.418. The summed E-state index contributed by atoms with van der Waals surface area (Å²) in [4.78, 5) is 23.1. The summed E-state index contributed by atoms with van der Waals surface area (Å²) in [5.74, 6) is -0.896. The van der Waals surface area contributed by atoms with E-state index in [4.69, 9.17) is 9.47 Å². The fraction of sp³-hybridized carbons (Fsp3) is 0.474. The van der Waals surface area contributed by atoms with Crippen molar-refractivity contribution in [2.75, 3.05) is 13.7 Å². The standard InChI is InChI=1S/C19H26O4/c1-6-18(20)23-9-7-8-16(19(21)22-5)12-17-14(3)10-13(2)11-15(17)4/h6,10-11,16H,1,7-9,12H2,2-5H3. The highest BCUT2D eigenvalue weighted by Gasteiger charge is 2.21. The molecule has 0 aliphatic carbocycles. The molecule has 4 heteroatoms. The normalized spacial score (nSPS) is 11.7. The lowest BCUT2D eigenvalue weighted by atomic mass is 9.89. The van der Waals surface area contributed by atoms with Gasteiger partial charge in [0.1, 0.15) is 0 Å². The van der Waals surface area contributed by atoms with E-state index in [2.05, 4.69) is 39.5 Å². The number of esters is 2. The fourth-order valence-corrected chi connectivity index (χ4v) is 2.81. The van der Waals surface area contributed by atoms with Crippen LogP contribution in [0.5, 0.6) is 0 Å². The van der Waals surface area contributed by atoms with Crippen LogP contribution in [0, 0.1) is 26.7 Å². The lowest BCUT2D eigenvalue weighted by Gasteiger charge is -2.18. The number of benzene rings is 1. The maximum absolute atomic E-state index is 12.0. The molecule has 1 unspecified atom stereocenters. The molecule has 0 spiro atoms. The van der Waals surface area contributed by atoms with Crippen LogP contribution >= 0.6 is 0 Å². The van der Waals surface area contributed by atoms with Crippen LogP contribution in [0.25, 0.3) is 0 Å². The molecule has 0 aliphatic rings. The van der Waals surface area contributed by atoms with Gasteiger partial charge in [0.25, 0.3) is 0 Å². The summed E-state index contributed by atoms with van der Waals surface area (Å²) in [6.45, 7) is 9.83. The van der Waals surface area contributed by atoms with Crippen LogP contribution in [-0.2, 0) is 25.5 Å². The summed E-state index contributed by atoms with van der Waals surface area (Å²) >= 11 is 0. The topological polar surface area (TPSA) is 52.6 Å². The Morgan fingerprint density at radius 1 is 1.22 bits per heavy atom. The SMILES string of the molecule is C=CC(=O)OCCCC(Cc1c(C)cc(C)cc1C)C(=O)OC. The van der Waals surface area contributed by atoms with Gasteiger partial charge in [-0.15, -0.1) is 0 Å². The molecule has 0 amide bonds. The minimum Gasteiger partial charge on any atom is -0.469 e. The molecule has 23 heavy (non-hydrogen) atoms. The monoisotopic (exact) mass is 318 g/mol. The van der Waals surface area contributed by atoms with Crippen molar-refractivity contribution in [2.45, 2.75) is 40.0 Å². The number of ether oxygens (including phenoxy) is 2. The van der Waals surface area contributed by atoms with Gasteiger partial charge in [0.05, 0.1) is 19.6 Å². The lowest BCUT2D eigenvalue weighted by molar-refractivity contribution is -0.145. The van der Waals surface area contributed by atoms with E-state index in [0.717, 1.165) is 6.08 Å². The Hall–Kier alpha value is -2.10. The first-order valence-electron chi connectivity index (χ1n) is 7.82. The minimum atomic E-state index is -0.440. The lowest BCUT2D eigenvalue weighted by Crippen LogP contribution is -2.20. The minimum absolute atomic E-state index is 0.223. The van der Waals surface area contributed by atoms with Gasteiger partial charge >= 0.3 is 11.9 Å². The molecule has 0 saturated heterocycles. The van der Waals surface area contributed by atoms with Gasteiger partial charge in [-0.2, -0.15) is 0 Å². The number of hydrogen-bond donors (Lipinski definition) is 0. The molecule has 0 heterocycles. The van der Waals surface area contributed by atoms with Crippen molar-refractivity contribution in [1.82, 2.24) is 0 Å². The van der Waals surface area contributed by atoms with E-state index < -0.39 is 5.97 Å². The third-order valence-corrected chi connectivity index (χ3v) is 3.93. The predicted molar refractivity (Wildman–Crippen MR) is 90.3 cm³/mol. The van der Waals surface area contributed by atoms with Gasteiger partial charge in [0.15, 0.2) is 0 Å². The van der Waals surface area contributed by atoms with E-state index in [1.54, 1.807) is 0 Å². The zero-order valence-electron chi connectivity index (χ0n) is 14.5. The molecular formula is C19H26O4. The molecule has 0 N–H and O–H groups in total. The summed E-state index contributed by atoms with van der Waals surface area (Å²) in [7, 11) is 1.40. The van der Waals surface area contributed by atoms with Crippen LogP contribution in [0.2, 0.25) is 0 Å². The van der Waals surface area contributed by atoms with Crippen molar-refractivity contribution in [3.8, 4) is 0 Å². The number of hydrogen-bond acceptors (Lipinski definition) is 4. The highest BCUT2D eigenvalue weighted by atomic mass is 16.5. The smallest absolute Gasteiger partial charge is 0.330 e. The number of methoxy groups -OCH3 is 1. The van der Waals surface area contributed by atoms with Gasteiger partial charge in [-0.25, -0.2) is 4.79 Å². The Morgan fingerprint density at radius 3 is 2.35 bits per heavy atom. The van der Waals surface area contributed by atoms with Crippen LogP contribution in [0.4, 0.5) is 0 Å². The number of carbonyl (C=O) groups excluding carboxylic acids is 2. The van der Waals surface area contributed by atoms with Crippen molar-refractivity contribution < 1.29 is 19.1 Å². The third kappa shape index (κ3) is 5.89. The van der Waals surface area contributed by atoms with E-state index >= 15 is 0 Å². The first-order valence-corrected chi connectivity index (χ1v) is 7.82. The Kier molecular flexibility index (Phi) is 7.52. The van der Waals surface area contributed by atoms with Crippen molar-refractivity contribution in [3.63, 3.8) is 0 Å². The molecule has 1 aromatic rings. The third-order valence-electron chi connectivity index (χ3n) is 3.93. The highest BCUT2D eigenvalue weighted by molar-refractivity contribution is 5.81. The van der Waals surface area contributed by atoms with Crippen LogP contribution in [-0.4, -0.2) is 25.7 Å². The van der Waals surface area contributed by atoms with Gasteiger partial charge in [-0.05, 0) is 56.7 Å². The summed E-state index contributed by atoms with van der Waals surface area (Å²) in [5.41, 5.74) is 4.78. The second kappa shape index (κ2) is 9.13. The molecule has 0 radical (unpaired) electrons. The van der Waals surface area contributed by atoms with Crippen LogP contribution in [0.15, 0.2) is 24.8 Å². The molecule has 1 atom stereocenters. The van der Waals surface area contributed by atoms with E-state index in [1.165, 1.54) is 29.4 Å². The summed E-state index contributed by atoms with van der Waals surface area (Å²) < 4.78 is 9.88. The Balaban J connectivity index is 2.74. The van der Waals surface area contributed by atoms with E-state index in [1.807, 2.05) is 0 Å². The molecule has 0 aliphatic heterocycles. The predicted octanol–water partition coefficient (Wildman–Crippen LogP) is 3.45. The molecule has 1 aromatic carbocycles. The molecule has 0 aromatic heterocycles. The largest absolute Gasteiger partial charge is 0.469 e. The van der Waals surface area contributed by atoms with Gasteiger partial charge in [0, 0.05) is 6.08 Å². The average molecular weight is 318 g/mol.